The average Bonchev–Trinajstić information content (AvgIpc) is 2.58. The Morgan fingerprint density at radius 1 is 0.955 bits per heavy atom. The Labute approximate surface area is 132 Å². The van der Waals surface area contributed by atoms with E-state index in [9.17, 15) is 4.79 Å². The zero-order valence-electron chi connectivity index (χ0n) is 13.0. The van der Waals surface area contributed by atoms with Crippen molar-refractivity contribution in [1.29, 1.82) is 0 Å². The van der Waals surface area contributed by atoms with Crippen molar-refractivity contribution in [3.05, 3.63) is 71.8 Å². The second-order valence-electron chi connectivity index (χ2n) is 6.08. The zero-order valence-corrected chi connectivity index (χ0v) is 13.0. The first-order valence-electron chi connectivity index (χ1n) is 8.18. The lowest BCUT2D eigenvalue weighted by molar-refractivity contribution is -0.127. The summed E-state index contributed by atoms with van der Waals surface area (Å²) in [5, 5.41) is 3.73. The van der Waals surface area contributed by atoms with Crippen LogP contribution in [-0.4, -0.2) is 5.78 Å². The second kappa shape index (κ2) is 6.89. The van der Waals surface area contributed by atoms with Gasteiger partial charge in [0.25, 0.3) is 0 Å². The Morgan fingerprint density at radius 3 is 2.14 bits per heavy atom. The molecular weight excluding hydrogens is 270 g/mol. The third kappa shape index (κ3) is 3.12. The Hall–Kier alpha value is -1.93. The predicted molar refractivity (Wildman–Crippen MR) is 89.5 cm³/mol. The quantitative estimate of drug-likeness (QED) is 0.902. The van der Waals surface area contributed by atoms with Crippen LogP contribution in [0.4, 0.5) is 0 Å². The highest BCUT2D eigenvalue weighted by Gasteiger charge is 2.36. The molecule has 1 saturated heterocycles. The first kappa shape index (κ1) is 15.0. The molecule has 0 saturated carbocycles. The molecule has 2 heteroatoms. The first-order valence-corrected chi connectivity index (χ1v) is 8.18. The summed E-state index contributed by atoms with van der Waals surface area (Å²) >= 11 is 0. The van der Waals surface area contributed by atoms with E-state index in [2.05, 4.69) is 48.6 Å². The summed E-state index contributed by atoms with van der Waals surface area (Å²) in [6.07, 6.45) is 2.59. The number of benzene rings is 2. The minimum Gasteiger partial charge on any atom is -0.302 e. The van der Waals surface area contributed by atoms with Gasteiger partial charge in [-0.25, -0.2) is 0 Å². The van der Waals surface area contributed by atoms with Crippen LogP contribution in [0.2, 0.25) is 0 Å². The topological polar surface area (TPSA) is 29.1 Å². The van der Waals surface area contributed by atoms with Crippen LogP contribution in [0, 0.1) is 5.92 Å². The van der Waals surface area contributed by atoms with Crippen molar-refractivity contribution >= 4 is 5.78 Å². The third-order valence-electron chi connectivity index (χ3n) is 4.56. The van der Waals surface area contributed by atoms with Gasteiger partial charge in [0.05, 0.1) is 0 Å². The normalized spacial score (nSPS) is 25.1. The molecule has 3 atom stereocenters. The van der Waals surface area contributed by atoms with Crippen LogP contribution in [0.25, 0.3) is 0 Å². The van der Waals surface area contributed by atoms with Crippen LogP contribution >= 0.6 is 0 Å². The van der Waals surface area contributed by atoms with Gasteiger partial charge in [0.1, 0.15) is 5.78 Å². The fraction of sp³-hybridized carbons (Fsp3) is 0.350. The standard InChI is InChI=1S/C20H23NO/c1-2-9-17-19(22)14-18(15-10-5-3-6-11-15)21-20(17)16-12-7-4-8-13-16/h3-8,10-13,17-18,20-21H,2,9,14H2,1H3/t17-,18+,20+/m0/s1. The van der Waals surface area contributed by atoms with Crippen LogP contribution in [0.3, 0.4) is 0 Å². The minimum absolute atomic E-state index is 0.0902. The molecule has 1 fully saturated rings. The Balaban J connectivity index is 1.90. The van der Waals surface area contributed by atoms with Crippen LogP contribution in [-0.2, 0) is 4.79 Å². The molecule has 3 rings (SSSR count). The predicted octanol–water partition coefficient (Wildman–Crippen LogP) is 4.45. The van der Waals surface area contributed by atoms with Crippen molar-refractivity contribution in [3.8, 4) is 0 Å². The molecule has 2 nitrogen and oxygen atoms in total. The van der Waals surface area contributed by atoms with Gasteiger partial charge in [0.15, 0.2) is 0 Å². The van der Waals surface area contributed by atoms with Crippen LogP contribution in [0.1, 0.15) is 49.4 Å². The van der Waals surface area contributed by atoms with E-state index in [-0.39, 0.29) is 18.0 Å². The summed E-state index contributed by atoms with van der Waals surface area (Å²) in [6.45, 7) is 2.15. The van der Waals surface area contributed by atoms with Crippen LogP contribution < -0.4 is 5.32 Å². The van der Waals surface area contributed by atoms with E-state index in [4.69, 9.17) is 0 Å². The largest absolute Gasteiger partial charge is 0.302 e. The van der Waals surface area contributed by atoms with E-state index < -0.39 is 0 Å². The highest BCUT2D eigenvalue weighted by Crippen LogP contribution is 2.36. The number of carbonyl (C=O) groups is 1. The molecule has 1 aliphatic heterocycles. The van der Waals surface area contributed by atoms with Gasteiger partial charge < -0.3 is 5.32 Å². The zero-order chi connectivity index (χ0) is 15.4. The molecule has 1 N–H and O–H groups in total. The van der Waals surface area contributed by atoms with Gasteiger partial charge in [0.2, 0.25) is 0 Å². The molecule has 0 aromatic heterocycles. The number of hydrogen-bond donors (Lipinski definition) is 1. The second-order valence-corrected chi connectivity index (χ2v) is 6.08. The molecule has 1 aliphatic rings. The summed E-state index contributed by atoms with van der Waals surface area (Å²) in [5.74, 6) is 0.482. The number of nitrogens with one attached hydrogen (secondary N) is 1. The van der Waals surface area contributed by atoms with Crippen molar-refractivity contribution < 1.29 is 4.79 Å². The summed E-state index contributed by atoms with van der Waals surface area (Å²) in [4.78, 5) is 12.7. The van der Waals surface area contributed by atoms with Crippen molar-refractivity contribution in [3.63, 3.8) is 0 Å². The number of ketones is 1. The molecule has 1 heterocycles. The number of hydrogen-bond acceptors (Lipinski definition) is 2. The lowest BCUT2D eigenvalue weighted by Crippen LogP contribution is -2.42. The fourth-order valence-electron chi connectivity index (χ4n) is 3.46. The lowest BCUT2D eigenvalue weighted by atomic mass is 9.79. The summed E-state index contributed by atoms with van der Waals surface area (Å²) in [6, 6.07) is 20.9. The molecule has 114 valence electrons. The van der Waals surface area contributed by atoms with Crippen LogP contribution in [0.15, 0.2) is 60.7 Å². The Bertz CT molecular complexity index is 608. The maximum atomic E-state index is 12.7. The van der Waals surface area contributed by atoms with E-state index in [1.165, 1.54) is 11.1 Å². The van der Waals surface area contributed by atoms with Gasteiger partial charge in [-0.1, -0.05) is 74.0 Å². The molecule has 22 heavy (non-hydrogen) atoms. The van der Waals surface area contributed by atoms with Crippen molar-refractivity contribution in [2.45, 2.75) is 38.3 Å². The maximum Gasteiger partial charge on any atom is 0.139 e. The molecule has 0 bridgehead atoms. The van der Waals surface area contributed by atoms with E-state index >= 15 is 0 Å². The van der Waals surface area contributed by atoms with Gasteiger partial charge in [0, 0.05) is 24.4 Å². The molecular formula is C20H23NO. The molecule has 0 amide bonds. The molecule has 0 unspecified atom stereocenters. The monoisotopic (exact) mass is 293 g/mol. The average molecular weight is 293 g/mol. The number of piperidine rings is 1. The van der Waals surface area contributed by atoms with Gasteiger partial charge in [-0.05, 0) is 17.5 Å². The first-order chi connectivity index (χ1) is 10.8. The number of rotatable bonds is 4. The minimum atomic E-state index is 0.0902. The molecule has 0 aliphatic carbocycles. The molecule has 2 aromatic rings. The van der Waals surface area contributed by atoms with Crippen molar-refractivity contribution in [2.75, 3.05) is 0 Å². The number of Topliss-reactive ketones (excluding diaryl/α,β-unsaturated/α-hetero) is 1. The SMILES string of the molecule is CCC[C@H]1C(=O)C[C@H](c2ccccc2)N[C@@H]1c1ccccc1. The van der Waals surface area contributed by atoms with E-state index in [0.29, 0.717) is 12.2 Å². The Kier molecular flexibility index (Phi) is 4.69. The van der Waals surface area contributed by atoms with Crippen molar-refractivity contribution in [1.82, 2.24) is 5.32 Å². The van der Waals surface area contributed by atoms with Crippen molar-refractivity contribution in [2.24, 2.45) is 5.92 Å². The van der Waals surface area contributed by atoms with E-state index in [0.717, 1.165) is 12.8 Å². The van der Waals surface area contributed by atoms with Gasteiger partial charge in [-0.3, -0.25) is 4.79 Å². The van der Waals surface area contributed by atoms with Gasteiger partial charge in [-0.15, -0.1) is 0 Å². The van der Waals surface area contributed by atoms with Crippen LogP contribution in [0.5, 0.6) is 0 Å². The van der Waals surface area contributed by atoms with Gasteiger partial charge >= 0.3 is 0 Å². The number of carbonyl (C=O) groups excluding carboxylic acids is 1. The maximum absolute atomic E-state index is 12.7. The molecule has 0 radical (unpaired) electrons. The molecule has 2 aromatic carbocycles. The van der Waals surface area contributed by atoms with Gasteiger partial charge in [-0.2, -0.15) is 0 Å². The van der Waals surface area contributed by atoms with E-state index in [1.54, 1.807) is 0 Å². The summed E-state index contributed by atoms with van der Waals surface area (Å²) < 4.78 is 0. The highest BCUT2D eigenvalue weighted by molar-refractivity contribution is 5.83. The fourth-order valence-corrected chi connectivity index (χ4v) is 3.46. The highest BCUT2D eigenvalue weighted by atomic mass is 16.1. The third-order valence-corrected chi connectivity index (χ3v) is 4.56. The lowest BCUT2D eigenvalue weighted by Gasteiger charge is -2.37. The summed E-state index contributed by atoms with van der Waals surface area (Å²) in [7, 11) is 0. The summed E-state index contributed by atoms with van der Waals surface area (Å²) in [5.41, 5.74) is 2.42. The Morgan fingerprint density at radius 2 is 1.55 bits per heavy atom. The smallest absolute Gasteiger partial charge is 0.139 e. The molecule has 0 spiro atoms. The van der Waals surface area contributed by atoms with E-state index in [1.807, 2.05) is 24.3 Å².